The highest BCUT2D eigenvalue weighted by molar-refractivity contribution is 9.10. The minimum atomic E-state index is -0.194. The predicted molar refractivity (Wildman–Crippen MR) is 111 cm³/mol. The van der Waals surface area contributed by atoms with Gasteiger partial charge in [-0.3, -0.25) is 4.79 Å². The fraction of sp³-hybridized carbons (Fsp3) is 0.111. The Morgan fingerprint density at radius 1 is 1.16 bits per heavy atom. The minimum Gasteiger partial charge on any atom is -0.300 e. The summed E-state index contributed by atoms with van der Waals surface area (Å²) in [5, 5.41) is 4.38. The normalized spacial score (nSPS) is 17.4. The summed E-state index contributed by atoms with van der Waals surface area (Å²) < 4.78 is 1.07. The average Bonchev–Trinajstić information content (AvgIpc) is 2.87. The molecule has 1 aliphatic heterocycles. The van der Waals surface area contributed by atoms with Crippen LogP contribution in [0.15, 0.2) is 44.7 Å². The second-order valence-corrected chi connectivity index (χ2v) is 8.21. The zero-order valence-electron chi connectivity index (χ0n) is 13.4. The molecule has 0 bridgehead atoms. The average molecular weight is 456 g/mol. The van der Waals surface area contributed by atoms with E-state index in [4.69, 9.17) is 23.2 Å². The Labute approximate surface area is 168 Å². The highest BCUT2D eigenvalue weighted by Gasteiger charge is 2.24. The number of nitrogens with zero attached hydrogens (tertiary/aromatic N) is 1. The number of thioether (sulfide) groups is 1. The van der Waals surface area contributed by atoms with Gasteiger partial charge in [0.05, 0.1) is 10.6 Å². The summed E-state index contributed by atoms with van der Waals surface area (Å²) >= 11 is 16.9. The molecule has 0 atom stereocenters. The maximum absolute atomic E-state index is 12.2. The topological polar surface area (TPSA) is 41.5 Å². The SMILES string of the molecule is Cc1cc(N=C2NC(=O)/C(=C/c3ccc(Cl)cc3Cl)S2)cc(C)c1Br. The van der Waals surface area contributed by atoms with Crippen LogP contribution in [-0.4, -0.2) is 11.1 Å². The van der Waals surface area contributed by atoms with Gasteiger partial charge in [0.1, 0.15) is 0 Å². The Morgan fingerprint density at radius 2 is 1.84 bits per heavy atom. The first-order valence-corrected chi connectivity index (χ1v) is 9.71. The highest BCUT2D eigenvalue weighted by atomic mass is 79.9. The third-order valence-corrected chi connectivity index (χ3v) is 6.27. The van der Waals surface area contributed by atoms with Crippen molar-refractivity contribution >= 4 is 73.7 Å². The van der Waals surface area contributed by atoms with Gasteiger partial charge in [-0.15, -0.1) is 0 Å². The summed E-state index contributed by atoms with van der Waals surface area (Å²) in [6, 6.07) is 9.10. The van der Waals surface area contributed by atoms with Crippen LogP contribution in [0.4, 0.5) is 5.69 Å². The van der Waals surface area contributed by atoms with Crippen molar-refractivity contribution < 1.29 is 4.79 Å². The van der Waals surface area contributed by atoms with Crippen molar-refractivity contribution in [1.29, 1.82) is 0 Å². The van der Waals surface area contributed by atoms with Crippen molar-refractivity contribution in [2.45, 2.75) is 13.8 Å². The van der Waals surface area contributed by atoms with Crippen LogP contribution in [0.2, 0.25) is 10.0 Å². The number of carbonyl (C=O) groups is 1. The van der Waals surface area contributed by atoms with E-state index in [0.717, 1.165) is 26.9 Å². The Morgan fingerprint density at radius 3 is 2.48 bits per heavy atom. The number of hydrogen-bond donors (Lipinski definition) is 1. The molecule has 1 fully saturated rings. The van der Waals surface area contributed by atoms with E-state index >= 15 is 0 Å². The second kappa shape index (κ2) is 7.54. The van der Waals surface area contributed by atoms with Crippen molar-refractivity contribution in [2.75, 3.05) is 0 Å². The molecule has 0 spiro atoms. The number of nitrogens with one attached hydrogen (secondary N) is 1. The van der Waals surface area contributed by atoms with E-state index in [1.165, 1.54) is 11.8 Å². The third kappa shape index (κ3) is 4.29. The third-order valence-electron chi connectivity index (χ3n) is 3.55. The van der Waals surface area contributed by atoms with Gasteiger partial charge in [0.25, 0.3) is 5.91 Å². The van der Waals surface area contributed by atoms with Crippen molar-refractivity contribution in [1.82, 2.24) is 5.32 Å². The molecule has 3 nitrogen and oxygen atoms in total. The molecule has 0 unspecified atom stereocenters. The fourth-order valence-electron chi connectivity index (χ4n) is 2.35. The van der Waals surface area contributed by atoms with Crippen LogP contribution >= 0.6 is 50.9 Å². The van der Waals surface area contributed by atoms with Crippen molar-refractivity contribution in [3.8, 4) is 0 Å². The van der Waals surface area contributed by atoms with Gasteiger partial charge in [-0.05, 0) is 72.6 Å². The quantitative estimate of drug-likeness (QED) is 0.542. The van der Waals surface area contributed by atoms with Gasteiger partial charge < -0.3 is 5.32 Å². The van der Waals surface area contributed by atoms with Crippen molar-refractivity contribution in [2.24, 2.45) is 4.99 Å². The number of halogens is 3. The van der Waals surface area contributed by atoms with Crippen LogP contribution in [0.5, 0.6) is 0 Å². The van der Waals surface area contributed by atoms with E-state index in [-0.39, 0.29) is 5.91 Å². The maximum Gasteiger partial charge on any atom is 0.264 e. The highest BCUT2D eigenvalue weighted by Crippen LogP contribution is 2.32. The molecular formula is C18H13BrCl2N2OS. The van der Waals surface area contributed by atoms with Crippen LogP contribution in [0, 0.1) is 13.8 Å². The lowest BCUT2D eigenvalue weighted by Gasteiger charge is -2.04. The molecule has 1 N–H and O–H groups in total. The largest absolute Gasteiger partial charge is 0.300 e. The molecule has 0 aromatic heterocycles. The molecule has 2 aromatic carbocycles. The molecular weight excluding hydrogens is 443 g/mol. The fourth-order valence-corrected chi connectivity index (χ4v) is 3.87. The summed E-state index contributed by atoms with van der Waals surface area (Å²) in [5.41, 5.74) is 3.72. The molecule has 0 saturated carbocycles. The van der Waals surface area contributed by atoms with E-state index in [1.807, 2.05) is 26.0 Å². The monoisotopic (exact) mass is 454 g/mol. The van der Waals surface area contributed by atoms with Crippen molar-refractivity contribution in [3.63, 3.8) is 0 Å². The zero-order valence-corrected chi connectivity index (χ0v) is 17.3. The van der Waals surface area contributed by atoms with Crippen LogP contribution in [0.3, 0.4) is 0 Å². The molecule has 0 radical (unpaired) electrons. The Balaban J connectivity index is 1.88. The molecule has 1 amide bonds. The number of amidine groups is 1. The number of hydrogen-bond acceptors (Lipinski definition) is 3. The van der Waals surface area contributed by atoms with Gasteiger partial charge in [-0.25, -0.2) is 4.99 Å². The molecule has 1 heterocycles. The number of carbonyl (C=O) groups excluding carboxylic acids is 1. The van der Waals surface area contributed by atoms with Crippen LogP contribution in [0.25, 0.3) is 6.08 Å². The summed E-state index contributed by atoms with van der Waals surface area (Å²) in [4.78, 5) is 17.3. The Hall–Kier alpha value is -1.27. The van der Waals surface area contributed by atoms with E-state index in [2.05, 4.69) is 26.2 Å². The molecule has 3 rings (SSSR count). The molecule has 1 saturated heterocycles. The van der Waals surface area contributed by atoms with Gasteiger partial charge in [-0.1, -0.05) is 45.2 Å². The predicted octanol–water partition coefficient (Wildman–Crippen LogP) is 6.26. The molecule has 25 heavy (non-hydrogen) atoms. The number of amides is 1. The Kier molecular flexibility index (Phi) is 5.58. The van der Waals surface area contributed by atoms with Gasteiger partial charge >= 0.3 is 0 Å². The summed E-state index contributed by atoms with van der Waals surface area (Å²) in [5.74, 6) is -0.194. The van der Waals surface area contributed by atoms with E-state index < -0.39 is 0 Å². The number of aryl methyl sites for hydroxylation is 2. The smallest absolute Gasteiger partial charge is 0.264 e. The standard InChI is InChI=1S/C18H13BrCl2N2OS/c1-9-5-13(6-10(2)16(9)19)22-18-23-17(24)15(25-18)7-11-3-4-12(20)8-14(11)21/h3-8H,1-2H3,(H,22,23,24)/b15-7-. The summed E-state index contributed by atoms with van der Waals surface area (Å²) in [6.07, 6.45) is 1.74. The molecule has 7 heteroatoms. The first-order valence-electron chi connectivity index (χ1n) is 7.35. The first kappa shape index (κ1) is 18.5. The molecule has 2 aromatic rings. The molecule has 0 aliphatic carbocycles. The van der Waals surface area contributed by atoms with E-state index in [1.54, 1.807) is 24.3 Å². The van der Waals surface area contributed by atoms with E-state index in [0.29, 0.717) is 20.1 Å². The lowest BCUT2D eigenvalue weighted by molar-refractivity contribution is -0.115. The van der Waals surface area contributed by atoms with Crippen LogP contribution < -0.4 is 5.32 Å². The zero-order chi connectivity index (χ0) is 18.1. The molecule has 128 valence electrons. The molecule has 1 aliphatic rings. The number of rotatable bonds is 2. The van der Waals surface area contributed by atoms with Crippen LogP contribution in [0.1, 0.15) is 16.7 Å². The number of benzene rings is 2. The van der Waals surface area contributed by atoms with Gasteiger partial charge in [0.15, 0.2) is 5.17 Å². The minimum absolute atomic E-state index is 0.194. The Bertz CT molecular complexity index is 918. The summed E-state index contributed by atoms with van der Waals surface area (Å²) in [6.45, 7) is 4.02. The lowest BCUT2D eigenvalue weighted by Crippen LogP contribution is -2.19. The van der Waals surface area contributed by atoms with Crippen LogP contribution in [-0.2, 0) is 4.79 Å². The van der Waals surface area contributed by atoms with Gasteiger partial charge in [-0.2, -0.15) is 0 Å². The second-order valence-electron chi connectivity index (χ2n) is 5.54. The summed E-state index contributed by atoms with van der Waals surface area (Å²) in [7, 11) is 0. The lowest BCUT2D eigenvalue weighted by atomic mass is 10.1. The van der Waals surface area contributed by atoms with Gasteiger partial charge in [0, 0.05) is 14.5 Å². The first-order chi connectivity index (χ1) is 11.8. The number of aliphatic imine (C=N–C) groups is 1. The maximum atomic E-state index is 12.2. The van der Waals surface area contributed by atoms with Gasteiger partial charge in [0.2, 0.25) is 0 Å². The van der Waals surface area contributed by atoms with Crippen molar-refractivity contribution in [3.05, 3.63) is 66.4 Å². The van der Waals surface area contributed by atoms with E-state index in [9.17, 15) is 4.79 Å².